The first-order valence-corrected chi connectivity index (χ1v) is 7.75. The number of hydrogen-bond acceptors (Lipinski definition) is 3. The van der Waals surface area contributed by atoms with Crippen LogP contribution < -0.4 is 5.32 Å². The van der Waals surface area contributed by atoms with E-state index in [1.54, 1.807) is 18.3 Å². The van der Waals surface area contributed by atoms with Gasteiger partial charge in [0, 0.05) is 19.3 Å². The smallest absolute Gasteiger partial charge is 0.241 e. The molecule has 1 aliphatic rings. The third-order valence-electron chi connectivity index (χ3n) is 4.10. The number of benzene rings is 1. The summed E-state index contributed by atoms with van der Waals surface area (Å²) in [6.07, 6.45) is 2.57. The summed E-state index contributed by atoms with van der Waals surface area (Å²) in [6, 6.07) is 11.7. The van der Waals surface area contributed by atoms with Crippen LogP contribution in [0.15, 0.2) is 42.6 Å². The number of pyridine rings is 1. The monoisotopic (exact) mass is 315 g/mol. The molecule has 0 saturated carbocycles. The third-order valence-corrected chi connectivity index (χ3v) is 4.41. The molecule has 0 aliphatic carbocycles. The molecule has 0 bridgehead atoms. The Kier molecular flexibility index (Phi) is 4.41. The first kappa shape index (κ1) is 15.0. The molecule has 4 nitrogen and oxygen atoms in total. The van der Waals surface area contributed by atoms with Gasteiger partial charge in [-0.25, -0.2) is 4.98 Å². The SMILES string of the molecule is C[C@H](C(=O)Nc1cccnc1Cl)N1CCc2ccccc2C1. The molecule has 0 spiro atoms. The fraction of sp³-hybridized carbons (Fsp3) is 0.294. The van der Waals surface area contributed by atoms with E-state index in [0.29, 0.717) is 10.8 Å². The molecule has 22 heavy (non-hydrogen) atoms. The minimum atomic E-state index is -0.218. The zero-order chi connectivity index (χ0) is 15.5. The number of nitrogens with one attached hydrogen (secondary N) is 1. The average Bonchev–Trinajstić information content (AvgIpc) is 2.55. The summed E-state index contributed by atoms with van der Waals surface area (Å²) >= 11 is 5.99. The Balaban J connectivity index is 1.68. The molecule has 2 heterocycles. The lowest BCUT2D eigenvalue weighted by molar-refractivity contribution is -0.121. The van der Waals surface area contributed by atoms with E-state index in [1.807, 2.05) is 13.0 Å². The van der Waals surface area contributed by atoms with Gasteiger partial charge in [-0.3, -0.25) is 9.69 Å². The molecule has 1 N–H and O–H groups in total. The van der Waals surface area contributed by atoms with Crippen molar-refractivity contribution in [2.45, 2.75) is 25.9 Å². The highest BCUT2D eigenvalue weighted by Crippen LogP contribution is 2.22. The Morgan fingerprint density at radius 2 is 2.05 bits per heavy atom. The Morgan fingerprint density at radius 3 is 2.82 bits per heavy atom. The first-order chi connectivity index (χ1) is 10.6. The highest BCUT2D eigenvalue weighted by molar-refractivity contribution is 6.32. The van der Waals surface area contributed by atoms with Crippen molar-refractivity contribution in [2.75, 3.05) is 11.9 Å². The molecule has 2 aromatic rings. The van der Waals surface area contributed by atoms with Crippen molar-refractivity contribution in [1.29, 1.82) is 0 Å². The Labute approximate surface area is 135 Å². The molecular weight excluding hydrogens is 298 g/mol. The zero-order valence-electron chi connectivity index (χ0n) is 12.4. The van der Waals surface area contributed by atoms with E-state index in [4.69, 9.17) is 11.6 Å². The third kappa shape index (κ3) is 3.13. The quantitative estimate of drug-likeness (QED) is 0.885. The number of halogens is 1. The summed E-state index contributed by atoms with van der Waals surface area (Å²) in [5.74, 6) is -0.0609. The minimum absolute atomic E-state index is 0.0609. The predicted molar refractivity (Wildman–Crippen MR) is 87.9 cm³/mol. The van der Waals surface area contributed by atoms with E-state index >= 15 is 0 Å². The van der Waals surface area contributed by atoms with E-state index < -0.39 is 0 Å². The van der Waals surface area contributed by atoms with E-state index in [-0.39, 0.29) is 11.9 Å². The fourth-order valence-corrected chi connectivity index (χ4v) is 2.90. The molecule has 5 heteroatoms. The van der Waals surface area contributed by atoms with Crippen molar-refractivity contribution in [2.24, 2.45) is 0 Å². The van der Waals surface area contributed by atoms with Crippen LogP contribution in [0.3, 0.4) is 0 Å². The van der Waals surface area contributed by atoms with Gasteiger partial charge in [0.2, 0.25) is 5.91 Å². The highest BCUT2D eigenvalue weighted by Gasteiger charge is 2.25. The van der Waals surface area contributed by atoms with Crippen LogP contribution in [-0.4, -0.2) is 28.4 Å². The minimum Gasteiger partial charge on any atom is -0.322 e. The van der Waals surface area contributed by atoms with Crippen LogP contribution in [0.2, 0.25) is 5.15 Å². The van der Waals surface area contributed by atoms with Gasteiger partial charge < -0.3 is 5.32 Å². The predicted octanol–water partition coefficient (Wildman–Crippen LogP) is 3.12. The van der Waals surface area contributed by atoms with Crippen molar-refractivity contribution in [3.8, 4) is 0 Å². The Morgan fingerprint density at radius 1 is 1.27 bits per heavy atom. The van der Waals surface area contributed by atoms with Crippen molar-refractivity contribution in [3.05, 3.63) is 58.9 Å². The maximum Gasteiger partial charge on any atom is 0.241 e. The number of rotatable bonds is 3. The normalized spacial score (nSPS) is 15.9. The molecule has 114 valence electrons. The lowest BCUT2D eigenvalue weighted by Crippen LogP contribution is -2.44. The van der Waals surface area contributed by atoms with Gasteiger partial charge in [-0.05, 0) is 36.6 Å². The van der Waals surface area contributed by atoms with Crippen LogP contribution in [0.25, 0.3) is 0 Å². The number of amides is 1. The molecule has 1 aromatic heterocycles. The average molecular weight is 316 g/mol. The van der Waals surface area contributed by atoms with Crippen molar-refractivity contribution < 1.29 is 4.79 Å². The number of hydrogen-bond donors (Lipinski definition) is 1. The van der Waals surface area contributed by atoms with E-state index in [2.05, 4.69) is 33.4 Å². The van der Waals surface area contributed by atoms with Crippen LogP contribution in [0.1, 0.15) is 18.1 Å². The number of nitrogens with zero attached hydrogens (tertiary/aromatic N) is 2. The summed E-state index contributed by atoms with van der Waals surface area (Å²) in [4.78, 5) is 18.6. The number of fused-ring (bicyclic) bond motifs is 1. The molecule has 1 aromatic carbocycles. The second kappa shape index (κ2) is 6.46. The standard InChI is InChI=1S/C17H18ClN3O/c1-12(17(22)20-15-7-4-9-19-16(15)18)21-10-8-13-5-2-3-6-14(13)11-21/h2-7,9,12H,8,10-11H2,1H3,(H,20,22)/t12-/m1/s1. The summed E-state index contributed by atoms with van der Waals surface area (Å²) < 4.78 is 0. The molecule has 0 radical (unpaired) electrons. The van der Waals surface area contributed by atoms with Crippen molar-refractivity contribution >= 4 is 23.2 Å². The van der Waals surface area contributed by atoms with Gasteiger partial charge in [-0.1, -0.05) is 35.9 Å². The van der Waals surface area contributed by atoms with E-state index in [0.717, 1.165) is 19.5 Å². The molecule has 1 aliphatic heterocycles. The summed E-state index contributed by atoms with van der Waals surface area (Å²) in [7, 11) is 0. The lowest BCUT2D eigenvalue weighted by atomic mass is 9.99. The van der Waals surface area contributed by atoms with Crippen LogP contribution in [-0.2, 0) is 17.8 Å². The maximum absolute atomic E-state index is 12.4. The van der Waals surface area contributed by atoms with Gasteiger partial charge in [-0.15, -0.1) is 0 Å². The molecule has 0 fully saturated rings. The first-order valence-electron chi connectivity index (χ1n) is 7.37. The summed E-state index contributed by atoms with van der Waals surface area (Å²) in [6.45, 7) is 3.60. The van der Waals surface area contributed by atoms with E-state index in [9.17, 15) is 4.79 Å². The van der Waals surface area contributed by atoms with Gasteiger partial charge in [0.25, 0.3) is 0 Å². The highest BCUT2D eigenvalue weighted by atomic mass is 35.5. The summed E-state index contributed by atoms with van der Waals surface area (Å²) in [5, 5.41) is 3.17. The molecule has 0 saturated heterocycles. The topological polar surface area (TPSA) is 45.2 Å². The van der Waals surface area contributed by atoms with Crippen LogP contribution in [0.4, 0.5) is 5.69 Å². The molecule has 3 rings (SSSR count). The van der Waals surface area contributed by atoms with Crippen LogP contribution in [0, 0.1) is 0 Å². The lowest BCUT2D eigenvalue weighted by Gasteiger charge is -2.32. The molecule has 0 unspecified atom stereocenters. The van der Waals surface area contributed by atoms with Gasteiger partial charge in [0.15, 0.2) is 5.15 Å². The van der Waals surface area contributed by atoms with Crippen LogP contribution in [0.5, 0.6) is 0 Å². The Hall–Kier alpha value is -1.91. The van der Waals surface area contributed by atoms with Crippen LogP contribution >= 0.6 is 11.6 Å². The maximum atomic E-state index is 12.4. The zero-order valence-corrected chi connectivity index (χ0v) is 13.2. The largest absolute Gasteiger partial charge is 0.322 e. The molecule has 1 atom stereocenters. The fourth-order valence-electron chi connectivity index (χ4n) is 2.73. The number of carbonyl (C=O) groups is 1. The molecular formula is C17H18ClN3O. The number of aromatic nitrogens is 1. The second-order valence-corrected chi connectivity index (χ2v) is 5.85. The number of carbonyl (C=O) groups excluding carboxylic acids is 1. The van der Waals surface area contributed by atoms with Gasteiger partial charge in [-0.2, -0.15) is 0 Å². The second-order valence-electron chi connectivity index (χ2n) is 5.50. The molecule has 1 amide bonds. The number of anilines is 1. The van der Waals surface area contributed by atoms with Gasteiger partial charge in [0.1, 0.15) is 0 Å². The van der Waals surface area contributed by atoms with Gasteiger partial charge in [0.05, 0.1) is 11.7 Å². The Bertz CT molecular complexity index is 689. The summed E-state index contributed by atoms with van der Waals surface area (Å²) in [5.41, 5.74) is 3.23. The van der Waals surface area contributed by atoms with E-state index in [1.165, 1.54) is 11.1 Å². The van der Waals surface area contributed by atoms with Gasteiger partial charge >= 0.3 is 0 Å². The van der Waals surface area contributed by atoms with Crippen molar-refractivity contribution in [1.82, 2.24) is 9.88 Å². The van der Waals surface area contributed by atoms with Crippen molar-refractivity contribution in [3.63, 3.8) is 0 Å².